The highest BCUT2D eigenvalue weighted by Gasteiger charge is 2.24. The zero-order chi connectivity index (χ0) is 34.4. The summed E-state index contributed by atoms with van der Waals surface area (Å²) in [5.41, 5.74) is 11.9. The number of amidine groups is 1. The van der Waals surface area contributed by atoms with Gasteiger partial charge in [-0.3, -0.25) is 4.99 Å². The highest BCUT2D eigenvalue weighted by molar-refractivity contribution is 7.18. The van der Waals surface area contributed by atoms with Crippen molar-refractivity contribution < 1.29 is 4.42 Å². The van der Waals surface area contributed by atoms with Crippen LogP contribution in [0.2, 0.25) is 0 Å². The van der Waals surface area contributed by atoms with Crippen LogP contribution in [0.3, 0.4) is 0 Å². The molecule has 2 aliphatic rings. The number of furan rings is 1. The third kappa shape index (κ3) is 5.66. The lowest BCUT2D eigenvalue weighted by molar-refractivity contribution is 0.668. The number of rotatable bonds is 6. The topological polar surface area (TPSA) is 50.4 Å². The summed E-state index contributed by atoms with van der Waals surface area (Å²) in [5.74, 6) is 1.11. The van der Waals surface area contributed by atoms with E-state index in [2.05, 4.69) is 163 Å². The summed E-state index contributed by atoms with van der Waals surface area (Å²) < 4.78 is 7.52. The Balaban J connectivity index is 0.970. The van der Waals surface area contributed by atoms with Gasteiger partial charge in [-0.2, -0.15) is 0 Å². The Hall–Kier alpha value is -6.30. The van der Waals surface area contributed by atoms with E-state index in [4.69, 9.17) is 14.4 Å². The second-order valence-corrected chi connectivity index (χ2v) is 14.4. The lowest BCUT2D eigenvalue weighted by Gasteiger charge is -2.25. The van der Waals surface area contributed by atoms with Crippen molar-refractivity contribution in [1.82, 2.24) is 10.3 Å². The fourth-order valence-corrected chi connectivity index (χ4v) is 8.37. The minimum absolute atomic E-state index is 0.143. The van der Waals surface area contributed by atoms with Crippen molar-refractivity contribution in [3.05, 3.63) is 192 Å². The Morgan fingerprint density at radius 3 is 2.02 bits per heavy atom. The van der Waals surface area contributed by atoms with Crippen LogP contribution in [0.25, 0.3) is 60.1 Å². The van der Waals surface area contributed by atoms with E-state index in [0.717, 1.165) is 61.5 Å². The molecular formula is C47H33N3OS. The molecule has 1 aliphatic carbocycles. The fourth-order valence-electron chi connectivity index (χ4n) is 7.31. The van der Waals surface area contributed by atoms with Crippen LogP contribution in [0.5, 0.6) is 0 Å². The molecule has 1 N–H and O–H groups in total. The average Bonchev–Trinajstić information content (AvgIpc) is 3.83. The second kappa shape index (κ2) is 12.8. The largest absolute Gasteiger partial charge is 0.456 e. The smallest absolute Gasteiger partial charge is 0.136 e. The standard InChI is InChI=1S/C47H33N3OS/c1-2-8-30(9-3-1)31-14-16-32(17-15-31)33-18-22-35(23-19-33)46-48-41(34-20-24-36(25-21-34)47-50-40-11-5-7-13-45(40)52-47)29-42(49-46)37-26-27-39-38-10-4-6-12-43(38)51-44(39)28-37/h1-24,26-29,36,41H,25H2,(H,48,49). The van der Waals surface area contributed by atoms with E-state index >= 15 is 0 Å². The van der Waals surface area contributed by atoms with Crippen LogP contribution < -0.4 is 5.32 Å². The molecule has 2 unspecified atom stereocenters. The maximum absolute atomic E-state index is 6.29. The van der Waals surface area contributed by atoms with Crippen molar-refractivity contribution in [3.63, 3.8) is 0 Å². The Kier molecular flexibility index (Phi) is 7.51. The number of fused-ring (bicyclic) bond motifs is 4. The van der Waals surface area contributed by atoms with Gasteiger partial charge >= 0.3 is 0 Å². The van der Waals surface area contributed by atoms with Crippen LogP contribution >= 0.6 is 11.3 Å². The van der Waals surface area contributed by atoms with Gasteiger partial charge in [0.25, 0.3) is 0 Å². The molecule has 0 fully saturated rings. The number of benzene rings is 6. The fraction of sp³-hybridized carbons (Fsp3) is 0.0638. The van der Waals surface area contributed by atoms with Crippen LogP contribution in [0.15, 0.2) is 185 Å². The molecule has 0 amide bonds. The molecule has 1 aliphatic heterocycles. The van der Waals surface area contributed by atoms with Crippen LogP contribution in [-0.4, -0.2) is 16.9 Å². The average molecular weight is 688 g/mol. The highest BCUT2D eigenvalue weighted by Crippen LogP contribution is 2.36. The van der Waals surface area contributed by atoms with Crippen LogP contribution in [0, 0.1) is 0 Å². The number of para-hydroxylation sites is 2. The van der Waals surface area contributed by atoms with Gasteiger partial charge in [0.2, 0.25) is 0 Å². The quantitative estimate of drug-likeness (QED) is 0.189. The van der Waals surface area contributed by atoms with E-state index in [-0.39, 0.29) is 12.0 Å². The molecule has 6 aromatic carbocycles. The number of allylic oxidation sites excluding steroid dienone is 2. The molecule has 2 atom stereocenters. The van der Waals surface area contributed by atoms with Crippen LogP contribution in [0.4, 0.5) is 0 Å². The number of hydrogen-bond donors (Lipinski definition) is 1. The Morgan fingerprint density at radius 2 is 1.27 bits per heavy atom. The molecule has 0 spiro atoms. The Bertz CT molecular complexity index is 2700. The summed E-state index contributed by atoms with van der Waals surface area (Å²) in [4.78, 5) is 10.2. The monoisotopic (exact) mass is 687 g/mol. The molecule has 248 valence electrons. The van der Waals surface area contributed by atoms with Gasteiger partial charge < -0.3 is 9.73 Å². The summed E-state index contributed by atoms with van der Waals surface area (Å²) in [5, 5.41) is 7.10. The summed E-state index contributed by atoms with van der Waals surface area (Å²) in [7, 11) is 0. The first-order chi connectivity index (χ1) is 25.7. The van der Waals surface area contributed by atoms with E-state index < -0.39 is 0 Å². The summed E-state index contributed by atoms with van der Waals surface area (Å²) in [6.07, 6.45) is 10.0. The summed E-state index contributed by atoms with van der Waals surface area (Å²) >= 11 is 1.79. The molecular weight excluding hydrogens is 655 g/mol. The van der Waals surface area contributed by atoms with Crippen molar-refractivity contribution >= 4 is 55.0 Å². The number of hydrogen-bond acceptors (Lipinski definition) is 5. The summed E-state index contributed by atoms with van der Waals surface area (Å²) in [6, 6.07) is 50.9. The zero-order valence-corrected chi connectivity index (χ0v) is 29.1. The molecule has 52 heavy (non-hydrogen) atoms. The maximum Gasteiger partial charge on any atom is 0.136 e. The first kappa shape index (κ1) is 30.5. The molecule has 0 saturated carbocycles. The van der Waals surface area contributed by atoms with Gasteiger partial charge in [0.05, 0.1) is 16.3 Å². The second-order valence-electron chi connectivity index (χ2n) is 13.4. The minimum Gasteiger partial charge on any atom is -0.456 e. The van der Waals surface area contributed by atoms with Gasteiger partial charge in [-0.1, -0.05) is 133 Å². The molecule has 4 nitrogen and oxygen atoms in total. The molecule has 10 rings (SSSR count). The lowest BCUT2D eigenvalue weighted by Crippen LogP contribution is -2.30. The first-order valence-corrected chi connectivity index (χ1v) is 18.5. The van der Waals surface area contributed by atoms with E-state index in [1.54, 1.807) is 11.3 Å². The van der Waals surface area contributed by atoms with Crippen molar-refractivity contribution in [2.45, 2.75) is 18.4 Å². The van der Waals surface area contributed by atoms with Gasteiger partial charge in [0.1, 0.15) is 22.0 Å². The van der Waals surface area contributed by atoms with Crippen molar-refractivity contribution in [2.24, 2.45) is 4.99 Å². The predicted molar refractivity (Wildman–Crippen MR) is 217 cm³/mol. The van der Waals surface area contributed by atoms with Gasteiger partial charge in [0, 0.05) is 33.5 Å². The van der Waals surface area contributed by atoms with Crippen molar-refractivity contribution in [2.75, 3.05) is 0 Å². The first-order valence-electron chi connectivity index (χ1n) is 17.7. The molecule has 5 heteroatoms. The van der Waals surface area contributed by atoms with Crippen molar-refractivity contribution in [1.29, 1.82) is 0 Å². The number of aliphatic imine (C=N–C) groups is 1. The SMILES string of the molecule is C1=CC(c2nc3ccccc3s2)CC=C1C1C=C(c2ccc3c(c2)oc2ccccc23)NC(c2ccc(-c3ccc(-c4ccccc4)cc3)cc2)=N1. The lowest BCUT2D eigenvalue weighted by atomic mass is 9.92. The Morgan fingerprint density at radius 1 is 0.615 bits per heavy atom. The zero-order valence-electron chi connectivity index (χ0n) is 28.2. The minimum atomic E-state index is -0.143. The van der Waals surface area contributed by atoms with Gasteiger partial charge in [0.15, 0.2) is 0 Å². The van der Waals surface area contributed by atoms with E-state index in [1.165, 1.54) is 32.5 Å². The van der Waals surface area contributed by atoms with Gasteiger partial charge in [-0.15, -0.1) is 11.3 Å². The third-order valence-electron chi connectivity index (χ3n) is 10.1. The van der Waals surface area contributed by atoms with Crippen LogP contribution in [0.1, 0.15) is 28.5 Å². The number of aromatic nitrogens is 1. The molecule has 2 aromatic heterocycles. The van der Waals surface area contributed by atoms with Gasteiger partial charge in [-0.25, -0.2) is 4.98 Å². The number of nitrogens with one attached hydrogen (secondary N) is 1. The van der Waals surface area contributed by atoms with E-state index in [0.29, 0.717) is 0 Å². The van der Waals surface area contributed by atoms with E-state index in [1.807, 2.05) is 12.1 Å². The van der Waals surface area contributed by atoms with Crippen molar-refractivity contribution in [3.8, 4) is 22.3 Å². The van der Waals surface area contributed by atoms with E-state index in [9.17, 15) is 0 Å². The predicted octanol–water partition coefficient (Wildman–Crippen LogP) is 12.0. The third-order valence-corrected chi connectivity index (χ3v) is 11.3. The highest BCUT2D eigenvalue weighted by atomic mass is 32.1. The number of nitrogens with zero attached hydrogens (tertiary/aromatic N) is 2. The summed E-state index contributed by atoms with van der Waals surface area (Å²) in [6.45, 7) is 0. The molecule has 0 bridgehead atoms. The molecule has 0 radical (unpaired) electrons. The van der Waals surface area contributed by atoms with Gasteiger partial charge in [-0.05, 0) is 70.7 Å². The Labute approximate surface area is 305 Å². The normalized spacial score (nSPS) is 17.2. The molecule has 3 heterocycles. The maximum atomic E-state index is 6.29. The number of thiazole rings is 1. The van der Waals surface area contributed by atoms with Crippen LogP contribution in [-0.2, 0) is 0 Å². The molecule has 0 saturated heterocycles. The molecule has 8 aromatic rings.